The molecule has 5 nitrogen and oxygen atoms in total. The first kappa shape index (κ1) is 12.9. The number of aryl methyl sites for hydroxylation is 1. The molecule has 1 N–H and O–H groups in total. The van der Waals surface area contributed by atoms with Crippen LogP contribution in [0.15, 0.2) is 36.7 Å². The molecule has 0 saturated carbocycles. The smallest absolute Gasteiger partial charge is 0.225 e. The molecular weight excluding hydrogens is 254 g/mol. The van der Waals surface area contributed by atoms with Gasteiger partial charge in [0.15, 0.2) is 0 Å². The van der Waals surface area contributed by atoms with E-state index < -0.39 is 0 Å². The Balaban J connectivity index is 1.78. The molecule has 2 heterocycles. The van der Waals surface area contributed by atoms with Gasteiger partial charge in [-0.1, -0.05) is 12.1 Å². The molecule has 104 valence electrons. The standard InChI is InChI=1S/C15H17N3O2/c1-11-8-16-15(17-9-11)18-5-6-20-14(10-18)12-3-2-4-13(19)7-12/h2-4,7-9,14,19H,5-6,10H2,1H3. The molecule has 1 fully saturated rings. The molecule has 1 aliphatic rings. The second kappa shape index (κ2) is 5.46. The number of ether oxygens (including phenoxy) is 1. The van der Waals surface area contributed by atoms with E-state index in [1.807, 2.05) is 31.5 Å². The molecule has 1 unspecified atom stereocenters. The van der Waals surface area contributed by atoms with Crippen LogP contribution >= 0.6 is 0 Å². The zero-order chi connectivity index (χ0) is 13.9. The van der Waals surface area contributed by atoms with E-state index in [1.54, 1.807) is 12.1 Å². The van der Waals surface area contributed by atoms with E-state index in [2.05, 4.69) is 14.9 Å². The maximum atomic E-state index is 9.56. The fourth-order valence-corrected chi connectivity index (χ4v) is 2.31. The minimum Gasteiger partial charge on any atom is -0.508 e. The molecule has 0 radical (unpaired) electrons. The summed E-state index contributed by atoms with van der Waals surface area (Å²) in [5.74, 6) is 0.985. The summed E-state index contributed by atoms with van der Waals surface area (Å²) < 4.78 is 5.79. The van der Waals surface area contributed by atoms with Gasteiger partial charge in [0, 0.05) is 18.9 Å². The number of morpholine rings is 1. The molecule has 0 amide bonds. The molecule has 5 heteroatoms. The van der Waals surface area contributed by atoms with Crippen molar-refractivity contribution in [3.63, 3.8) is 0 Å². The molecule has 0 spiro atoms. The van der Waals surface area contributed by atoms with Crippen LogP contribution in [0.2, 0.25) is 0 Å². The first-order valence-corrected chi connectivity index (χ1v) is 6.66. The Morgan fingerprint density at radius 3 is 2.85 bits per heavy atom. The second-order valence-electron chi connectivity index (χ2n) is 4.96. The van der Waals surface area contributed by atoms with Crippen molar-refractivity contribution in [2.75, 3.05) is 24.6 Å². The maximum absolute atomic E-state index is 9.56. The average Bonchev–Trinajstić information content (AvgIpc) is 2.48. The quantitative estimate of drug-likeness (QED) is 0.906. The van der Waals surface area contributed by atoms with Gasteiger partial charge in [0.05, 0.1) is 13.2 Å². The van der Waals surface area contributed by atoms with Gasteiger partial charge in [0.2, 0.25) is 5.95 Å². The van der Waals surface area contributed by atoms with Crippen molar-refractivity contribution in [2.24, 2.45) is 0 Å². The minimum absolute atomic E-state index is 0.0687. The Labute approximate surface area is 117 Å². The van der Waals surface area contributed by atoms with E-state index >= 15 is 0 Å². The lowest BCUT2D eigenvalue weighted by Crippen LogP contribution is -2.39. The lowest BCUT2D eigenvalue weighted by Gasteiger charge is -2.33. The van der Waals surface area contributed by atoms with E-state index in [4.69, 9.17) is 4.74 Å². The highest BCUT2D eigenvalue weighted by molar-refractivity contribution is 5.34. The van der Waals surface area contributed by atoms with E-state index in [1.165, 1.54) is 0 Å². The van der Waals surface area contributed by atoms with Gasteiger partial charge < -0.3 is 14.7 Å². The van der Waals surface area contributed by atoms with Gasteiger partial charge in [-0.2, -0.15) is 0 Å². The first-order valence-electron chi connectivity index (χ1n) is 6.66. The van der Waals surface area contributed by atoms with Gasteiger partial charge in [0.1, 0.15) is 11.9 Å². The molecular formula is C15H17N3O2. The molecule has 3 rings (SSSR count). The minimum atomic E-state index is -0.0687. The summed E-state index contributed by atoms with van der Waals surface area (Å²) in [4.78, 5) is 10.8. The number of nitrogens with zero attached hydrogens (tertiary/aromatic N) is 3. The summed E-state index contributed by atoms with van der Waals surface area (Å²) in [5, 5.41) is 9.56. The van der Waals surface area contributed by atoms with Crippen LogP contribution in [0.4, 0.5) is 5.95 Å². The van der Waals surface area contributed by atoms with Gasteiger partial charge in [-0.15, -0.1) is 0 Å². The third kappa shape index (κ3) is 2.72. The fourth-order valence-electron chi connectivity index (χ4n) is 2.31. The maximum Gasteiger partial charge on any atom is 0.225 e. The van der Waals surface area contributed by atoms with Crippen LogP contribution in [-0.4, -0.2) is 34.8 Å². The number of aromatic nitrogens is 2. The third-order valence-electron chi connectivity index (χ3n) is 3.36. The van der Waals surface area contributed by atoms with Crippen LogP contribution < -0.4 is 4.90 Å². The Morgan fingerprint density at radius 1 is 1.30 bits per heavy atom. The van der Waals surface area contributed by atoms with Gasteiger partial charge >= 0.3 is 0 Å². The summed E-state index contributed by atoms with van der Waals surface area (Å²) in [7, 11) is 0. The summed E-state index contributed by atoms with van der Waals surface area (Å²) in [5.41, 5.74) is 2.02. The third-order valence-corrected chi connectivity index (χ3v) is 3.36. The SMILES string of the molecule is Cc1cnc(N2CCOC(c3cccc(O)c3)C2)nc1. The molecule has 1 atom stereocenters. The number of benzene rings is 1. The number of hydrogen-bond donors (Lipinski definition) is 1. The molecule has 1 saturated heterocycles. The molecule has 1 aromatic carbocycles. The number of phenolic OH excluding ortho intramolecular Hbond substituents is 1. The van der Waals surface area contributed by atoms with Crippen LogP contribution in [0.25, 0.3) is 0 Å². The molecule has 2 aromatic rings. The lowest BCUT2D eigenvalue weighted by atomic mass is 10.1. The average molecular weight is 271 g/mol. The second-order valence-corrected chi connectivity index (χ2v) is 4.96. The summed E-state index contributed by atoms with van der Waals surface area (Å²) >= 11 is 0. The van der Waals surface area contributed by atoms with E-state index in [-0.39, 0.29) is 11.9 Å². The van der Waals surface area contributed by atoms with E-state index in [0.29, 0.717) is 13.2 Å². The van der Waals surface area contributed by atoms with E-state index in [0.717, 1.165) is 23.6 Å². The van der Waals surface area contributed by atoms with Crippen LogP contribution in [0.5, 0.6) is 5.75 Å². The number of rotatable bonds is 2. The Morgan fingerprint density at radius 2 is 2.10 bits per heavy atom. The lowest BCUT2D eigenvalue weighted by molar-refractivity contribution is 0.0391. The largest absolute Gasteiger partial charge is 0.508 e. The monoisotopic (exact) mass is 271 g/mol. The zero-order valence-corrected chi connectivity index (χ0v) is 11.4. The van der Waals surface area contributed by atoms with Crippen molar-refractivity contribution < 1.29 is 9.84 Å². The predicted molar refractivity (Wildman–Crippen MR) is 75.8 cm³/mol. The van der Waals surface area contributed by atoms with E-state index in [9.17, 15) is 5.11 Å². The zero-order valence-electron chi connectivity index (χ0n) is 11.4. The highest BCUT2D eigenvalue weighted by atomic mass is 16.5. The van der Waals surface area contributed by atoms with Crippen LogP contribution in [0, 0.1) is 6.92 Å². The van der Waals surface area contributed by atoms with Crippen molar-refractivity contribution >= 4 is 5.95 Å². The van der Waals surface area contributed by atoms with Crippen LogP contribution in [0.3, 0.4) is 0 Å². The Kier molecular flexibility index (Phi) is 3.52. The molecule has 1 aromatic heterocycles. The first-order chi connectivity index (χ1) is 9.72. The predicted octanol–water partition coefficient (Wildman–Crippen LogP) is 2.07. The Bertz CT molecular complexity index is 586. The van der Waals surface area contributed by atoms with Gasteiger partial charge in [-0.3, -0.25) is 0 Å². The number of hydrogen-bond acceptors (Lipinski definition) is 5. The van der Waals surface area contributed by atoms with Gasteiger partial charge in [-0.25, -0.2) is 9.97 Å². The Hall–Kier alpha value is -2.14. The van der Waals surface area contributed by atoms with Crippen molar-refractivity contribution in [3.05, 3.63) is 47.8 Å². The summed E-state index contributed by atoms with van der Waals surface area (Å²) in [6, 6.07) is 7.19. The van der Waals surface area contributed by atoms with Crippen molar-refractivity contribution in [3.8, 4) is 5.75 Å². The molecule has 0 aliphatic carbocycles. The van der Waals surface area contributed by atoms with Crippen LogP contribution in [0.1, 0.15) is 17.2 Å². The summed E-state index contributed by atoms with van der Waals surface area (Å²) in [6.07, 6.45) is 3.57. The van der Waals surface area contributed by atoms with Crippen molar-refractivity contribution in [1.82, 2.24) is 9.97 Å². The number of aromatic hydroxyl groups is 1. The van der Waals surface area contributed by atoms with Crippen molar-refractivity contribution in [1.29, 1.82) is 0 Å². The topological polar surface area (TPSA) is 58.5 Å². The molecule has 20 heavy (non-hydrogen) atoms. The highest BCUT2D eigenvalue weighted by Crippen LogP contribution is 2.26. The number of phenols is 1. The highest BCUT2D eigenvalue weighted by Gasteiger charge is 2.23. The van der Waals surface area contributed by atoms with Crippen LogP contribution in [-0.2, 0) is 4.74 Å². The molecule has 0 bridgehead atoms. The number of anilines is 1. The summed E-state index contributed by atoms with van der Waals surface area (Å²) in [6.45, 7) is 4.06. The molecule has 1 aliphatic heterocycles. The van der Waals surface area contributed by atoms with Gasteiger partial charge in [-0.05, 0) is 30.2 Å². The van der Waals surface area contributed by atoms with Crippen molar-refractivity contribution in [2.45, 2.75) is 13.0 Å². The van der Waals surface area contributed by atoms with Gasteiger partial charge in [0.25, 0.3) is 0 Å². The fraction of sp³-hybridized carbons (Fsp3) is 0.333. The normalized spacial score (nSPS) is 19.1.